The standard InChI is InChI=1S/C24H24F3N5O6/c1-11-18(7-16-15-6-14(38-24(25,26)27)4-5-17(15)30-21(16)35)29-12(2)20(11)22(36)28-8-13(33)9-32-19(34)10-31(3)23(32)37/h4-7,10,13,29,33-34H,8-9H2,1-3H3,(H,28,36)(H,30,35)/t13-/m0/s1. The van der Waals surface area contributed by atoms with Crippen LogP contribution in [-0.4, -0.2) is 55.2 Å². The summed E-state index contributed by atoms with van der Waals surface area (Å²) in [6.45, 7) is 2.78. The van der Waals surface area contributed by atoms with Crippen molar-refractivity contribution in [3.8, 4) is 11.6 Å². The molecule has 0 saturated heterocycles. The first kappa shape index (κ1) is 26.6. The van der Waals surface area contributed by atoms with E-state index < -0.39 is 35.7 Å². The minimum absolute atomic E-state index is 0.0764. The minimum atomic E-state index is -4.89. The summed E-state index contributed by atoms with van der Waals surface area (Å²) in [6.07, 6.45) is -3.45. The number of halogens is 3. The van der Waals surface area contributed by atoms with Crippen LogP contribution in [0.25, 0.3) is 11.6 Å². The number of aromatic amines is 1. The summed E-state index contributed by atoms with van der Waals surface area (Å²) in [5, 5.41) is 25.2. The summed E-state index contributed by atoms with van der Waals surface area (Å²) in [5.41, 5.74) is 1.61. The molecule has 0 bridgehead atoms. The number of aliphatic hydroxyl groups excluding tert-OH is 1. The van der Waals surface area contributed by atoms with Crippen molar-refractivity contribution in [3.05, 3.63) is 63.0 Å². The largest absolute Gasteiger partial charge is 0.573 e. The summed E-state index contributed by atoms with van der Waals surface area (Å²) in [4.78, 5) is 40.4. The fourth-order valence-electron chi connectivity index (χ4n) is 4.24. The molecule has 0 saturated carbocycles. The molecule has 202 valence electrons. The van der Waals surface area contributed by atoms with Gasteiger partial charge in [-0.15, -0.1) is 13.2 Å². The van der Waals surface area contributed by atoms with Crippen molar-refractivity contribution < 1.29 is 37.7 Å². The lowest BCUT2D eigenvalue weighted by atomic mass is 10.0. The summed E-state index contributed by atoms with van der Waals surface area (Å²) < 4.78 is 44.0. The van der Waals surface area contributed by atoms with Gasteiger partial charge < -0.3 is 30.6 Å². The Morgan fingerprint density at radius 1 is 1.26 bits per heavy atom. The summed E-state index contributed by atoms with van der Waals surface area (Å²) >= 11 is 0. The van der Waals surface area contributed by atoms with E-state index in [9.17, 15) is 37.8 Å². The number of carbonyl (C=O) groups excluding carboxylic acids is 2. The van der Waals surface area contributed by atoms with Crippen LogP contribution in [0.2, 0.25) is 0 Å². The molecule has 2 amide bonds. The number of nitrogens with zero attached hydrogens (tertiary/aromatic N) is 2. The van der Waals surface area contributed by atoms with Gasteiger partial charge in [0.25, 0.3) is 11.8 Å². The SMILES string of the molecule is Cc1[nH]c(C=C2C(=O)Nc3ccc(OC(F)(F)F)cc32)c(C)c1C(=O)NC[C@H](O)Cn1c(O)cn(C)c1=O. The first-order chi connectivity index (χ1) is 17.7. The maximum absolute atomic E-state index is 12.9. The van der Waals surface area contributed by atoms with Crippen molar-refractivity contribution in [1.29, 1.82) is 0 Å². The van der Waals surface area contributed by atoms with Crippen LogP contribution in [0.1, 0.15) is 32.9 Å². The second-order valence-corrected chi connectivity index (χ2v) is 8.79. The molecule has 38 heavy (non-hydrogen) atoms. The highest BCUT2D eigenvalue weighted by molar-refractivity contribution is 6.35. The molecule has 1 aromatic carbocycles. The topological polar surface area (TPSA) is 151 Å². The molecular formula is C24H24F3N5O6. The van der Waals surface area contributed by atoms with E-state index in [-0.39, 0.29) is 35.7 Å². The molecule has 3 heterocycles. The van der Waals surface area contributed by atoms with Gasteiger partial charge in [-0.1, -0.05) is 0 Å². The zero-order valence-electron chi connectivity index (χ0n) is 20.4. The van der Waals surface area contributed by atoms with Crippen LogP contribution in [0.3, 0.4) is 0 Å². The molecule has 0 unspecified atom stereocenters. The van der Waals surface area contributed by atoms with Crippen molar-refractivity contribution in [2.45, 2.75) is 32.9 Å². The quantitative estimate of drug-likeness (QED) is 0.292. The Morgan fingerprint density at radius 3 is 2.61 bits per heavy atom. The van der Waals surface area contributed by atoms with Gasteiger partial charge >= 0.3 is 12.1 Å². The average Bonchev–Trinajstić information content (AvgIpc) is 3.37. The van der Waals surface area contributed by atoms with E-state index in [1.54, 1.807) is 13.8 Å². The molecule has 1 aliphatic rings. The number of imidazole rings is 1. The monoisotopic (exact) mass is 535 g/mol. The minimum Gasteiger partial charge on any atom is -0.493 e. The van der Waals surface area contributed by atoms with Gasteiger partial charge in [-0.3, -0.25) is 18.7 Å². The van der Waals surface area contributed by atoms with Gasteiger partial charge in [0.2, 0.25) is 5.88 Å². The maximum atomic E-state index is 12.9. The fraction of sp³-hybridized carbons (Fsp3) is 0.292. The Morgan fingerprint density at radius 2 is 1.97 bits per heavy atom. The number of aromatic hydroxyl groups is 1. The van der Waals surface area contributed by atoms with Gasteiger partial charge in [0.15, 0.2) is 0 Å². The second kappa shape index (κ2) is 9.78. The second-order valence-electron chi connectivity index (χ2n) is 8.79. The number of aromatic nitrogens is 3. The van der Waals surface area contributed by atoms with E-state index in [1.807, 2.05) is 0 Å². The van der Waals surface area contributed by atoms with E-state index in [0.29, 0.717) is 22.6 Å². The van der Waals surface area contributed by atoms with E-state index in [4.69, 9.17) is 0 Å². The molecule has 11 nitrogen and oxygen atoms in total. The van der Waals surface area contributed by atoms with Crippen molar-refractivity contribution >= 4 is 29.2 Å². The number of hydrogen-bond acceptors (Lipinski definition) is 6. The molecule has 0 spiro atoms. The molecule has 14 heteroatoms. The highest BCUT2D eigenvalue weighted by Gasteiger charge is 2.33. The average molecular weight is 535 g/mol. The van der Waals surface area contributed by atoms with E-state index in [2.05, 4.69) is 20.4 Å². The van der Waals surface area contributed by atoms with Gasteiger partial charge in [0, 0.05) is 36.2 Å². The number of carbonyl (C=O) groups is 2. The highest BCUT2D eigenvalue weighted by Crippen LogP contribution is 2.37. The molecule has 0 radical (unpaired) electrons. The summed E-state index contributed by atoms with van der Waals surface area (Å²) in [7, 11) is 1.44. The Balaban J connectivity index is 1.53. The van der Waals surface area contributed by atoms with Crippen molar-refractivity contribution in [2.75, 3.05) is 11.9 Å². The number of anilines is 1. The van der Waals surface area contributed by atoms with Gasteiger partial charge in [-0.25, -0.2) is 4.79 Å². The summed E-state index contributed by atoms with van der Waals surface area (Å²) in [5.74, 6) is -1.89. The first-order valence-corrected chi connectivity index (χ1v) is 11.3. The number of rotatable bonds is 7. The molecule has 0 fully saturated rings. The van der Waals surface area contributed by atoms with Crippen LogP contribution in [0.15, 0.2) is 29.2 Å². The molecule has 0 aliphatic carbocycles. The number of hydrogen-bond donors (Lipinski definition) is 5. The van der Waals surface area contributed by atoms with Gasteiger partial charge in [-0.05, 0) is 43.7 Å². The Labute approximate surface area is 213 Å². The van der Waals surface area contributed by atoms with Crippen LogP contribution in [0.5, 0.6) is 11.6 Å². The number of H-pyrrole nitrogens is 1. The van der Waals surface area contributed by atoms with Gasteiger partial charge in [0.1, 0.15) is 5.75 Å². The molecule has 2 aromatic heterocycles. The number of ether oxygens (including phenoxy) is 1. The lowest BCUT2D eigenvalue weighted by Gasteiger charge is -2.13. The smallest absolute Gasteiger partial charge is 0.493 e. The molecule has 4 rings (SSSR count). The number of fused-ring (bicyclic) bond motifs is 1. The van der Waals surface area contributed by atoms with Crippen molar-refractivity contribution in [1.82, 2.24) is 19.4 Å². The van der Waals surface area contributed by atoms with E-state index in [1.165, 1.54) is 25.4 Å². The predicted octanol–water partition coefficient (Wildman–Crippen LogP) is 2.02. The third-order valence-electron chi connectivity index (χ3n) is 6.01. The zero-order valence-corrected chi connectivity index (χ0v) is 20.4. The third-order valence-corrected chi connectivity index (χ3v) is 6.01. The molecule has 3 aromatic rings. The normalized spacial score (nSPS) is 14.9. The van der Waals surface area contributed by atoms with Crippen LogP contribution >= 0.6 is 0 Å². The Hall–Kier alpha value is -4.46. The highest BCUT2D eigenvalue weighted by atomic mass is 19.4. The van der Waals surface area contributed by atoms with E-state index >= 15 is 0 Å². The van der Waals surface area contributed by atoms with Crippen LogP contribution < -0.4 is 21.1 Å². The Bertz CT molecular complexity index is 1510. The van der Waals surface area contributed by atoms with Gasteiger partial charge in [-0.2, -0.15) is 0 Å². The fourth-order valence-corrected chi connectivity index (χ4v) is 4.24. The third kappa shape index (κ3) is 5.29. The Kier molecular flexibility index (Phi) is 6.84. The molecular weight excluding hydrogens is 511 g/mol. The molecule has 1 atom stereocenters. The summed E-state index contributed by atoms with van der Waals surface area (Å²) in [6, 6.07) is 3.49. The lowest BCUT2D eigenvalue weighted by Crippen LogP contribution is -2.37. The first-order valence-electron chi connectivity index (χ1n) is 11.3. The number of amides is 2. The molecule has 5 N–H and O–H groups in total. The van der Waals surface area contributed by atoms with Gasteiger partial charge in [0.05, 0.1) is 30.0 Å². The van der Waals surface area contributed by atoms with Crippen LogP contribution in [0, 0.1) is 13.8 Å². The lowest BCUT2D eigenvalue weighted by molar-refractivity contribution is -0.274. The molecule has 1 aliphatic heterocycles. The number of aliphatic hydroxyl groups is 1. The zero-order chi connectivity index (χ0) is 27.9. The van der Waals surface area contributed by atoms with Crippen molar-refractivity contribution in [2.24, 2.45) is 7.05 Å². The number of alkyl halides is 3. The van der Waals surface area contributed by atoms with Crippen LogP contribution in [-0.2, 0) is 18.4 Å². The number of aryl methyl sites for hydroxylation is 2. The van der Waals surface area contributed by atoms with E-state index in [0.717, 1.165) is 21.3 Å². The van der Waals surface area contributed by atoms with Crippen LogP contribution in [0.4, 0.5) is 18.9 Å². The predicted molar refractivity (Wildman–Crippen MR) is 130 cm³/mol. The number of benzene rings is 1. The number of nitrogens with one attached hydrogen (secondary N) is 3. The van der Waals surface area contributed by atoms with Crippen molar-refractivity contribution in [3.63, 3.8) is 0 Å². The maximum Gasteiger partial charge on any atom is 0.573 e.